The highest BCUT2D eigenvalue weighted by molar-refractivity contribution is 7.99. The van der Waals surface area contributed by atoms with E-state index in [9.17, 15) is 9.59 Å². The maximum absolute atomic E-state index is 13.1. The van der Waals surface area contributed by atoms with E-state index in [1.54, 1.807) is 11.6 Å². The molecule has 1 N–H and O–H groups in total. The van der Waals surface area contributed by atoms with Crippen LogP contribution in [0.5, 0.6) is 0 Å². The third-order valence-corrected chi connectivity index (χ3v) is 6.93. The van der Waals surface area contributed by atoms with Crippen LogP contribution in [0.3, 0.4) is 0 Å². The van der Waals surface area contributed by atoms with Gasteiger partial charge in [0.25, 0.3) is 5.56 Å². The van der Waals surface area contributed by atoms with Crippen LogP contribution < -0.4 is 11.2 Å². The van der Waals surface area contributed by atoms with Crippen LogP contribution in [0.25, 0.3) is 10.2 Å². The molecule has 9 heteroatoms. The van der Waals surface area contributed by atoms with Crippen LogP contribution in [0.1, 0.15) is 24.3 Å². The molecule has 0 radical (unpaired) electrons. The van der Waals surface area contributed by atoms with Crippen LogP contribution in [0, 0.1) is 5.92 Å². The molecule has 29 heavy (non-hydrogen) atoms. The largest absolute Gasteiger partial charge is 0.331 e. The molecule has 0 aliphatic rings. The second-order valence-corrected chi connectivity index (χ2v) is 9.32. The van der Waals surface area contributed by atoms with Crippen molar-refractivity contribution in [3.05, 3.63) is 67.9 Å². The van der Waals surface area contributed by atoms with E-state index in [-0.39, 0.29) is 17.2 Å². The Kier molecular flexibility index (Phi) is 5.42. The van der Waals surface area contributed by atoms with E-state index in [0.717, 1.165) is 20.2 Å². The first kappa shape index (κ1) is 19.7. The van der Waals surface area contributed by atoms with Gasteiger partial charge in [0.1, 0.15) is 11.2 Å². The SMILES string of the molecule is CC(C)Cn1c(=O)n(C)c(=O)c2c(Sc3ncn[nH]3)c(Cc3ccccc3)sc21. The summed E-state index contributed by atoms with van der Waals surface area (Å²) < 4.78 is 2.93. The van der Waals surface area contributed by atoms with Crippen molar-refractivity contribution in [3.8, 4) is 0 Å². The smallest absolute Gasteiger partial charge is 0.284 e. The number of fused-ring (bicyclic) bond motifs is 1. The number of aromatic nitrogens is 5. The van der Waals surface area contributed by atoms with E-state index in [4.69, 9.17) is 0 Å². The highest BCUT2D eigenvalue weighted by atomic mass is 32.2. The number of thiophene rings is 1. The second-order valence-electron chi connectivity index (χ2n) is 7.24. The lowest BCUT2D eigenvalue weighted by Crippen LogP contribution is -2.38. The zero-order valence-electron chi connectivity index (χ0n) is 16.4. The monoisotopic (exact) mass is 427 g/mol. The molecule has 150 valence electrons. The molecular formula is C20H21N5O2S2. The van der Waals surface area contributed by atoms with Gasteiger partial charge in [0, 0.05) is 29.8 Å². The molecule has 0 aliphatic heterocycles. The number of hydrogen-bond donors (Lipinski definition) is 1. The lowest BCUT2D eigenvalue weighted by atomic mass is 10.1. The van der Waals surface area contributed by atoms with E-state index >= 15 is 0 Å². The summed E-state index contributed by atoms with van der Waals surface area (Å²) in [6.45, 7) is 4.68. The lowest BCUT2D eigenvalue weighted by Gasteiger charge is -2.11. The summed E-state index contributed by atoms with van der Waals surface area (Å²) in [5.41, 5.74) is 0.593. The Hall–Kier alpha value is -2.65. The number of rotatable bonds is 6. The normalized spacial score (nSPS) is 11.6. The molecule has 1 aromatic carbocycles. The van der Waals surface area contributed by atoms with E-state index in [2.05, 4.69) is 41.2 Å². The summed E-state index contributed by atoms with van der Waals surface area (Å²) >= 11 is 2.90. The molecule has 0 atom stereocenters. The van der Waals surface area contributed by atoms with Crippen molar-refractivity contribution in [2.24, 2.45) is 13.0 Å². The van der Waals surface area contributed by atoms with Crippen molar-refractivity contribution in [2.45, 2.75) is 36.9 Å². The van der Waals surface area contributed by atoms with Crippen LogP contribution in [-0.2, 0) is 20.0 Å². The van der Waals surface area contributed by atoms with E-state index in [1.807, 2.05) is 18.2 Å². The van der Waals surface area contributed by atoms with Gasteiger partial charge in [-0.2, -0.15) is 5.10 Å². The Morgan fingerprint density at radius 1 is 1.21 bits per heavy atom. The number of hydrogen-bond acceptors (Lipinski definition) is 6. The summed E-state index contributed by atoms with van der Waals surface area (Å²) in [4.78, 5) is 32.7. The van der Waals surface area contributed by atoms with E-state index in [0.29, 0.717) is 23.5 Å². The van der Waals surface area contributed by atoms with Gasteiger partial charge >= 0.3 is 5.69 Å². The minimum absolute atomic E-state index is 0.275. The molecule has 0 bridgehead atoms. The minimum Gasteiger partial charge on any atom is -0.284 e. The van der Waals surface area contributed by atoms with Crippen LogP contribution in [0.2, 0.25) is 0 Å². The zero-order chi connectivity index (χ0) is 20.5. The summed E-state index contributed by atoms with van der Waals surface area (Å²) in [6.07, 6.45) is 2.12. The van der Waals surface area contributed by atoms with E-state index < -0.39 is 0 Å². The minimum atomic E-state index is -0.278. The zero-order valence-corrected chi connectivity index (χ0v) is 18.0. The third kappa shape index (κ3) is 3.79. The number of nitrogens with one attached hydrogen (secondary N) is 1. The van der Waals surface area contributed by atoms with Crippen molar-refractivity contribution in [3.63, 3.8) is 0 Å². The van der Waals surface area contributed by atoms with Gasteiger partial charge in [-0.25, -0.2) is 9.78 Å². The van der Waals surface area contributed by atoms with Gasteiger partial charge in [-0.3, -0.25) is 19.0 Å². The van der Waals surface area contributed by atoms with E-state index in [1.165, 1.54) is 34.0 Å². The van der Waals surface area contributed by atoms with Crippen LogP contribution in [0.15, 0.2) is 56.3 Å². The van der Waals surface area contributed by atoms with Gasteiger partial charge in [-0.05, 0) is 23.2 Å². The topological polar surface area (TPSA) is 85.6 Å². The molecule has 0 aliphatic carbocycles. The lowest BCUT2D eigenvalue weighted by molar-refractivity contribution is 0.504. The van der Waals surface area contributed by atoms with Crippen molar-refractivity contribution in [2.75, 3.05) is 0 Å². The first-order chi connectivity index (χ1) is 14.0. The predicted octanol–water partition coefficient (Wildman–Crippen LogP) is 3.28. The Labute approximate surface area is 175 Å². The summed E-state index contributed by atoms with van der Waals surface area (Å²) in [7, 11) is 1.54. The van der Waals surface area contributed by atoms with Gasteiger partial charge in [0.2, 0.25) is 0 Å². The first-order valence-electron chi connectivity index (χ1n) is 9.28. The first-order valence-corrected chi connectivity index (χ1v) is 10.9. The maximum atomic E-state index is 13.1. The number of benzene rings is 1. The highest BCUT2D eigenvalue weighted by Crippen LogP contribution is 2.39. The predicted molar refractivity (Wildman–Crippen MR) is 116 cm³/mol. The van der Waals surface area contributed by atoms with Crippen molar-refractivity contribution in [1.82, 2.24) is 24.3 Å². The van der Waals surface area contributed by atoms with Crippen LogP contribution >= 0.6 is 23.1 Å². The Morgan fingerprint density at radius 3 is 2.62 bits per heavy atom. The van der Waals surface area contributed by atoms with Gasteiger partial charge in [-0.15, -0.1) is 11.3 Å². The molecular weight excluding hydrogens is 406 g/mol. The standard InChI is InChI=1S/C20H21N5O2S2/c1-12(2)10-25-18-15(17(26)24(3)20(25)27)16(29-19-21-11-22-23-19)14(28-18)9-13-7-5-4-6-8-13/h4-8,11-12H,9-10H2,1-3H3,(H,21,22,23). The third-order valence-electron chi connectivity index (χ3n) is 4.54. The van der Waals surface area contributed by atoms with Crippen molar-refractivity contribution in [1.29, 1.82) is 0 Å². The number of nitrogens with zero attached hydrogens (tertiary/aromatic N) is 4. The fraction of sp³-hybridized carbons (Fsp3) is 0.300. The Morgan fingerprint density at radius 2 is 1.97 bits per heavy atom. The summed E-state index contributed by atoms with van der Waals surface area (Å²) in [6, 6.07) is 10.1. The maximum Gasteiger partial charge on any atom is 0.331 e. The quantitative estimate of drug-likeness (QED) is 0.510. The molecule has 0 amide bonds. The molecule has 7 nitrogen and oxygen atoms in total. The molecule has 3 aromatic heterocycles. The van der Waals surface area contributed by atoms with Gasteiger partial charge in [-0.1, -0.05) is 44.2 Å². The van der Waals surface area contributed by atoms with Crippen LogP contribution in [0.4, 0.5) is 0 Å². The van der Waals surface area contributed by atoms with Crippen molar-refractivity contribution >= 4 is 33.3 Å². The van der Waals surface area contributed by atoms with Gasteiger partial charge < -0.3 is 0 Å². The number of H-pyrrole nitrogens is 1. The molecule has 0 spiro atoms. The molecule has 0 unspecified atom stereocenters. The van der Waals surface area contributed by atoms with Crippen molar-refractivity contribution < 1.29 is 0 Å². The summed E-state index contributed by atoms with van der Waals surface area (Å²) in [5, 5.41) is 7.96. The number of aromatic amines is 1. The fourth-order valence-electron chi connectivity index (χ4n) is 3.22. The molecule has 0 saturated heterocycles. The van der Waals surface area contributed by atoms with Crippen LogP contribution in [-0.4, -0.2) is 24.3 Å². The average Bonchev–Trinajstić information content (AvgIpc) is 3.33. The summed E-state index contributed by atoms with van der Waals surface area (Å²) in [5.74, 6) is 0.276. The van der Waals surface area contributed by atoms with Gasteiger partial charge in [0.15, 0.2) is 5.16 Å². The fourth-order valence-corrected chi connectivity index (χ4v) is 5.62. The molecule has 3 heterocycles. The molecule has 0 fully saturated rings. The van der Waals surface area contributed by atoms with Gasteiger partial charge in [0.05, 0.1) is 5.39 Å². The Bertz CT molecular complexity index is 1250. The molecule has 4 rings (SSSR count). The highest BCUT2D eigenvalue weighted by Gasteiger charge is 2.23. The molecule has 4 aromatic rings. The molecule has 0 saturated carbocycles. The Balaban J connectivity index is 1.99. The second kappa shape index (κ2) is 8.00. The average molecular weight is 428 g/mol.